The van der Waals surface area contributed by atoms with Gasteiger partial charge in [0, 0.05) is 37.0 Å². The maximum Gasteiger partial charge on any atom is 0.302 e. The molecule has 32 heavy (non-hydrogen) atoms. The molecule has 0 radical (unpaired) electrons. The molecule has 1 amide bonds. The summed E-state index contributed by atoms with van der Waals surface area (Å²) in [5, 5.41) is 2.80. The van der Waals surface area contributed by atoms with Gasteiger partial charge in [0.1, 0.15) is 11.9 Å². The number of Topliss-reactive ketones (excluding diaryl/α,β-unsaturated/α-hetero) is 1. The minimum atomic E-state index is -0.514. The zero-order valence-corrected chi connectivity index (χ0v) is 19.8. The first-order valence-corrected chi connectivity index (χ1v) is 11.9. The van der Waals surface area contributed by atoms with Crippen LogP contribution >= 0.6 is 0 Å². The molecule has 4 rings (SSSR count). The van der Waals surface area contributed by atoms with Crippen LogP contribution < -0.4 is 5.32 Å². The predicted molar refractivity (Wildman–Crippen MR) is 119 cm³/mol. The zero-order valence-electron chi connectivity index (χ0n) is 19.8. The fourth-order valence-electron chi connectivity index (χ4n) is 7.61. The highest BCUT2D eigenvalue weighted by atomic mass is 16.5. The molecule has 3 fully saturated rings. The van der Waals surface area contributed by atoms with Crippen molar-refractivity contribution in [3.63, 3.8) is 0 Å². The van der Waals surface area contributed by atoms with Crippen LogP contribution in [0.1, 0.15) is 66.7 Å². The Morgan fingerprint density at radius 2 is 1.91 bits per heavy atom. The molecule has 0 bridgehead atoms. The lowest BCUT2D eigenvalue weighted by Crippen LogP contribution is -2.53. The van der Waals surface area contributed by atoms with Crippen molar-refractivity contribution >= 4 is 23.4 Å². The first-order valence-electron chi connectivity index (χ1n) is 11.9. The molecular formula is C26H35NO5. The quantitative estimate of drug-likeness (QED) is 0.674. The molecule has 7 atom stereocenters. The van der Waals surface area contributed by atoms with Gasteiger partial charge in [0.15, 0.2) is 5.78 Å². The number of carbonyl (C=O) groups is 4. The van der Waals surface area contributed by atoms with Crippen molar-refractivity contribution in [3.8, 4) is 0 Å². The summed E-state index contributed by atoms with van der Waals surface area (Å²) in [6.45, 7) is 9.49. The lowest BCUT2D eigenvalue weighted by molar-refractivity contribution is -0.153. The summed E-state index contributed by atoms with van der Waals surface area (Å²) in [5.41, 5.74) is 1.75. The molecule has 0 unspecified atom stereocenters. The average Bonchev–Trinajstić information content (AvgIpc) is 2.97. The Hall–Kier alpha value is -2.24. The highest BCUT2D eigenvalue weighted by Crippen LogP contribution is 2.66. The van der Waals surface area contributed by atoms with Gasteiger partial charge < -0.3 is 10.1 Å². The van der Waals surface area contributed by atoms with Gasteiger partial charge in [-0.3, -0.25) is 19.2 Å². The second-order valence-electron chi connectivity index (χ2n) is 10.8. The summed E-state index contributed by atoms with van der Waals surface area (Å²) >= 11 is 0. The van der Waals surface area contributed by atoms with Crippen molar-refractivity contribution in [2.24, 2.45) is 34.5 Å². The molecule has 0 heterocycles. The largest absolute Gasteiger partial charge is 0.460 e. The summed E-state index contributed by atoms with van der Waals surface area (Å²) in [6, 6.07) is 0. The first-order chi connectivity index (χ1) is 15.0. The molecule has 0 spiro atoms. The SMILES string of the molecule is CC(=O)NC[C@H](OC(C)=O)[C@@H]1CC(=O)[C@@]2(C)CC[C@H]3[C@@H](CCC4=CC(=O)C=C(C)[C@@]43C)[C@H]12. The lowest BCUT2D eigenvalue weighted by Gasteiger charge is -2.58. The Bertz CT molecular complexity index is 933. The highest BCUT2D eigenvalue weighted by molar-refractivity contribution is 6.02. The Balaban J connectivity index is 1.72. The molecule has 174 valence electrons. The van der Waals surface area contributed by atoms with Gasteiger partial charge in [0.25, 0.3) is 0 Å². The van der Waals surface area contributed by atoms with Crippen molar-refractivity contribution in [3.05, 3.63) is 23.3 Å². The smallest absolute Gasteiger partial charge is 0.302 e. The fraction of sp³-hybridized carbons (Fsp3) is 0.692. The number of rotatable bonds is 4. The molecule has 0 aromatic rings. The number of esters is 1. The van der Waals surface area contributed by atoms with Gasteiger partial charge >= 0.3 is 5.97 Å². The number of hydrogen-bond acceptors (Lipinski definition) is 5. The molecule has 4 aliphatic rings. The molecule has 0 saturated heterocycles. The van der Waals surface area contributed by atoms with Gasteiger partial charge in [-0.25, -0.2) is 0 Å². The first kappa shape index (κ1) is 22.9. The van der Waals surface area contributed by atoms with Crippen LogP contribution in [0, 0.1) is 34.5 Å². The van der Waals surface area contributed by atoms with Gasteiger partial charge in [-0.05, 0) is 62.5 Å². The van der Waals surface area contributed by atoms with Crippen LogP contribution in [0.2, 0.25) is 0 Å². The van der Waals surface area contributed by atoms with Crippen molar-refractivity contribution in [1.29, 1.82) is 0 Å². The molecule has 0 aromatic carbocycles. The van der Waals surface area contributed by atoms with Gasteiger partial charge in [-0.15, -0.1) is 0 Å². The summed E-state index contributed by atoms with van der Waals surface area (Å²) in [7, 11) is 0. The predicted octanol–water partition coefficient (Wildman–Crippen LogP) is 3.55. The van der Waals surface area contributed by atoms with E-state index >= 15 is 0 Å². The van der Waals surface area contributed by atoms with E-state index in [0.717, 1.165) is 31.3 Å². The summed E-state index contributed by atoms with van der Waals surface area (Å²) < 4.78 is 5.70. The van der Waals surface area contributed by atoms with E-state index < -0.39 is 11.5 Å². The van der Waals surface area contributed by atoms with Gasteiger partial charge in [-0.1, -0.05) is 25.0 Å². The van der Waals surface area contributed by atoms with E-state index in [9.17, 15) is 19.2 Å². The average molecular weight is 442 g/mol. The van der Waals surface area contributed by atoms with Crippen LogP contribution in [0.4, 0.5) is 0 Å². The van der Waals surface area contributed by atoms with Gasteiger partial charge in [0.05, 0.1) is 6.54 Å². The van der Waals surface area contributed by atoms with E-state index in [0.29, 0.717) is 18.3 Å². The van der Waals surface area contributed by atoms with Crippen LogP contribution in [0.25, 0.3) is 0 Å². The van der Waals surface area contributed by atoms with E-state index in [-0.39, 0.29) is 47.2 Å². The molecular weight excluding hydrogens is 406 g/mol. The molecule has 0 aromatic heterocycles. The maximum absolute atomic E-state index is 13.3. The van der Waals surface area contributed by atoms with E-state index in [1.54, 1.807) is 6.08 Å². The molecule has 1 N–H and O–H groups in total. The van der Waals surface area contributed by atoms with Crippen LogP contribution in [-0.4, -0.2) is 36.1 Å². The van der Waals surface area contributed by atoms with Crippen LogP contribution in [-0.2, 0) is 23.9 Å². The second-order valence-corrected chi connectivity index (χ2v) is 10.8. The van der Waals surface area contributed by atoms with Gasteiger partial charge in [0.2, 0.25) is 5.91 Å². The summed E-state index contributed by atoms with van der Waals surface area (Å²) in [6.07, 6.45) is 7.02. The third-order valence-electron chi connectivity index (χ3n) is 9.21. The maximum atomic E-state index is 13.3. The Labute approximate surface area is 190 Å². The van der Waals surface area contributed by atoms with Crippen molar-refractivity contribution < 1.29 is 23.9 Å². The van der Waals surface area contributed by atoms with E-state index in [1.807, 2.05) is 6.08 Å². The van der Waals surface area contributed by atoms with E-state index in [2.05, 4.69) is 26.1 Å². The third-order valence-corrected chi connectivity index (χ3v) is 9.21. The number of nitrogens with one attached hydrogen (secondary N) is 1. The second kappa shape index (κ2) is 7.96. The number of hydrogen-bond donors (Lipinski definition) is 1. The fourth-order valence-corrected chi connectivity index (χ4v) is 7.61. The van der Waals surface area contributed by atoms with Gasteiger partial charge in [-0.2, -0.15) is 0 Å². The number of ether oxygens (including phenoxy) is 1. The molecule has 4 aliphatic carbocycles. The van der Waals surface area contributed by atoms with Crippen molar-refractivity contribution in [2.45, 2.75) is 72.8 Å². The monoisotopic (exact) mass is 441 g/mol. The Morgan fingerprint density at radius 1 is 1.19 bits per heavy atom. The number of carbonyl (C=O) groups excluding carboxylic acids is 4. The highest BCUT2D eigenvalue weighted by Gasteiger charge is 2.63. The van der Waals surface area contributed by atoms with E-state index in [1.165, 1.54) is 19.4 Å². The van der Waals surface area contributed by atoms with Crippen LogP contribution in [0.15, 0.2) is 23.3 Å². The Kier molecular flexibility index (Phi) is 5.71. The number of fused-ring (bicyclic) bond motifs is 5. The third kappa shape index (κ3) is 3.46. The minimum absolute atomic E-state index is 0.0771. The Morgan fingerprint density at radius 3 is 2.56 bits per heavy atom. The number of amides is 1. The molecule has 3 saturated carbocycles. The summed E-state index contributed by atoms with van der Waals surface area (Å²) in [4.78, 5) is 49.0. The summed E-state index contributed by atoms with van der Waals surface area (Å²) in [5.74, 6) is 0.394. The zero-order chi connectivity index (χ0) is 23.4. The van der Waals surface area contributed by atoms with Crippen LogP contribution in [0.5, 0.6) is 0 Å². The topological polar surface area (TPSA) is 89.5 Å². The molecule has 6 nitrogen and oxygen atoms in total. The standard InChI is InChI=1S/C26H35NO5/c1-14-10-18(30)11-17-6-7-19-21(26(14,17)5)8-9-25(4)23(31)12-20(24(19)25)22(32-16(3)29)13-27-15(2)28/h10-11,19-22,24H,6-9,12-13H2,1-5H3,(H,27,28)/t19-,20+,21+,22+,24-,25-,26+/m1/s1. The molecule has 6 heteroatoms. The minimum Gasteiger partial charge on any atom is -0.460 e. The van der Waals surface area contributed by atoms with Crippen LogP contribution in [0.3, 0.4) is 0 Å². The van der Waals surface area contributed by atoms with E-state index in [4.69, 9.17) is 4.74 Å². The number of ketones is 2. The number of allylic oxidation sites excluding steroid dienone is 4. The van der Waals surface area contributed by atoms with Crippen molar-refractivity contribution in [1.82, 2.24) is 5.32 Å². The molecule has 0 aliphatic heterocycles. The van der Waals surface area contributed by atoms with Crippen molar-refractivity contribution in [2.75, 3.05) is 6.54 Å². The lowest BCUT2D eigenvalue weighted by atomic mass is 9.46. The normalized spacial score (nSPS) is 39.2.